The number of ether oxygens (including phenoxy) is 2. The number of hydrogen-bond acceptors (Lipinski definition) is 5. The molecule has 128 valence electrons. The van der Waals surface area contributed by atoms with Crippen LogP contribution in [0.1, 0.15) is 36.1 Å². The van der Waals surface area contributed by atoms with Crippen LogP contribution in [0.15, 0.2) is 6.07 Å². The number of rotatable bonds is 5. The Labute approximate surface area is 139 Å². The highest BCUT2D eigenvalue weighted by molar-refractivity contribution is 5.56. The average molecular weight is 319 g/mol. The van der Waals surface area contributed by atoms with E-state index in [4.69, 9.17) is 9.47 Å². The molecule has 1 unspecified atom stereocenters. The van der Waals surface area contributed by atoms with Crippen LogP contribution >= 0.6 is 0 Å². The maximum absolute atomic E-state index is 5.85. The summed E-state index contributed by atoms with van der Waals surface area (Å²) < 4.78 is 11.6. The molecule has 1 aromatic carbocycles. The summed E-state index contributed by atoms with van der Waals surface area (Å²) in [4.78, 5) is 2.48. The zero-order chi connectivity index (χ0) is 16.2. The molecule has 1 aromatic rings. The van der Waals surface area contributed by atoms with Crippen molar-refractivity contribution in [2.75, 3.05) is 46.9 Å². The molecule has 0 amide bonds. The first-order valence-electron chi connectivity index (χ1n) is 8.71. The molecule has 0 saturated carbocycles. The Balaban J connectivity index is 1.99. The minimum atomic E-state index is 0.357. The molecule has 3 rings (SSSR count). The van der Waals surface area contributed by atoms with Crippen molar-refractivity contribution < 1.29 is 9.47 Å². The van der Waals surface area contributed by atoms with E-state index in [1.165, 1.54) is 16.7 Å². The van der Waals surface area contributed by atoms with Crippen LogP contribution in [0.2, 0.25) is 0 Å². The molecule has 5 nitrogen and oxygen atoms in total. The van der Waals surface area contributed by atoms with Crippen molar-refractivity contribution >= 4 is 0 Å². The molecular formula is C18H29N3O2. The van der Waals surface area contributed by atoms with E-state index in [1.807, 2.05) is 0 Å². The molecule has 0 bridgehead atoms. The fraction of sp³-hybridized carbons (Fsp3) is 0.667. The summed E-state index contributed by atoms with van der Waals surface area (Å²) in [5, 5.41) is 7.01. The van der Waals surface area contributed by atoms with Crippen LogP contribution in [0.3, 0.4) is 0 Å². The standard InChI is InChI=1S/C18H29N3O2/c1-4-15-17-14(5-6-20-15)18(23-3)13(11-16(17)22-2)12-21-9-7-19-8-10-21/h11,15,19-20H,4-10,12H2,1-3H3. The number of methoxy groups -OCH3 is 2. The normalized spacial score (nSPS) is 21.8. The lowest BCUT2D eigenvalue weighted by Gasteiger charge is -2.32. The smallest absolute Gasteiger partial charge is 0.127 e. The maximum atomic E-state index is 5.85. The van der Waals surface area contributed by atoms with Crippen molar-refractivity contribution in [2.24, 2.45) is 0 Å². The van der Waals surface area contributed by atoms with E-state index in [2.05, 4.69) is 28.5 Å². The second-order valence-electron chi connectivity index (χ2n) is 6.35. The van der Waals surface area contributed by atoms with Crippen LogP contribution in [0.25, 0.3) is 0 Å². The minimum Gasteiger partial charge on any atom is -0.496 e. The number of fused-ring (bicyclic) bond motifs is 1. The summed E-state index contributed by atoms with van der Waals surface area (Å²) in [6, 6.07) is 2.55. The molecule has 2 N–H and O–H groups in total. The van der Waals surface area contributed by atoms with E-state index < -0.39 is 0 Å². The Kier molecular flexibility index (Phi) is 5.41. The molecule has 0 radical (unpaired) electrons. The van der Waals surface area contributed by atoms with Crippen LogP contribution in [0, 0.1) is 0 Å². The van der Waals surface area contributed by atoms with Gasteiger partial charge in [0.1, 0.15) is 11.5 Å². The molecule has 1 saturated heterocycles. The predicted octanol–water partition coefficient (Wildman–Crippen LogP) is 1.71. The summed E-state index contributed by atoms with van der Waals surface area (Å²) in [7, 11) is 3.57. The average Bonchev–Trinajstić information content (AvgIpc) is 2.61. The van der Waals surface area contributed by atoms with Crippen LogP contribution in [0.5, 0.6) is 11.5 Å². The van der Waals surface area contributed by atoms with Gasteiger partial charge in [0, 0.05) is 55.5 Å². The van der Waals surface area contributed by atoms with Crippen molar-refractivity contribution in [2.45, 2.75) is 32.4 Å². The fourth-order valence-electron chi connectivity index (χ4n) is 3.87. The van der Waals surface area contributed by atoms with Gasteiger partial charge in [-0.1, -0.05) is 6.92 Å². The van der Waals surface area contributed by atoms with Crippen LogP contribution in [-0.4, -0.2) is 51.8 Å². The summed E-state index contributed by atoms with van der Waals surface area (Å²) >= 11 is 0. The summed E-state index contributed by atoms with van der Waals surface area (Å²) in [6.45, 7) is 8.44. The zero-order valence-corrected chi connectivity index (χ0v) is 14.6. The first kappa shape index (κ1) is 16.6. The highest BCUT2D eigenvalue weighted by Gasteiger charge is 2.28. The van der Waals surface area contributed by atoms with Crippen molar-refractivity contribution in [3.05, 3.63) is 22.8 Å². The fourth-order valence-corrected chi connectivity index (χ4v) is 3.87. The lowest BCUT2D eigenvalue weighted by atomic mass is 9.89. The molecule has 1 atom stereocenters. The van der Waals surface area contributed by atoms with E-state index >= 15 is 0 Å². The van der Waals surface area contributed by atoms with Crippen molar-refractivity contribution in [3.63, 3.8) is 0 Å². The monoisotopic (exact) mass is 319 g/mol. The van der Waals surface area contributed by atoms with Crippen molar-refractivity contribution in [1.29, 1.82) is 0 Å². The van der Waals surface area contributed by atoms with Crippen molar-refractivity contribution in [1.82, 2.24) is 15.5 Å². The topological polar surface area (TPSA) is 45.8 Å². The molecule has 0 aromatic heterocycles. The van der Waals surface area contributed by atoms with Crippen LogP contribution in [0.4, 0.5) is 0 Å². The van der Waals surface area contributed by atoms with Gasteiger partial charge in [0.25, 0.3) is 0 Å². The van der Waals surface area contributed by atoms with Gasteiger partial charge < -0.3 is 20.1 Å². The third-order valence-electron chi connectivity index (χ3n) is 5.01. The number of nitrogens with one attached hydrogen (secondary N) is 2. The molecule has 5 heteroatoms. The Morgan fingerprint density at radius 3 is 2.61 bits per heavy atom. The predicted molar refractivity (Wildman–Crippen MR) is 92.4 cm³/mol. The Morgan fingerprint density at radius 2 is 1.96 bits per heavy atom. The van der Waals surface area contributed by atoms with E-state index in [-0.39, 0.29) is 0 Å². The number of nitrogens with zero attached hydrogens (tertiary/aromatic N) is 1. The third kappa shape index (κ3) is 3.32. The number of hydrogen-bond donors (Lipinski definition) is 2. The van der Waals surface area contributed by atoms with Crippen LogP contribution < -0.4 is 20.1 Å². The summed E-state index contributed by atoms with van der Waals surface area (Å²) in [6.07, 6.45) is 2.06. The second kappa shape index (κ2) is 7.51. The lowest BCUT2D eigenvalue weighted by Crippen LogP contribution is -2.43. The van der Waals surface area contributed by atoms with Gasteiger partial charge in [0.05, 0.1) is 14.2 Å². The van der Waals surface area contributed by atoms with E-state index in [0.717, 1.165) is 63.6 Å². The molecule has 2 aliphatic rings. The highest BCUT2D eigenvalue weighted by atomic mass is 16.5. The molecule has 23 heavy (non-hydrogen) atoms. The molecule has 0 spiro atoms. The van der Waals surface area contributed by atoms with E-state index in [0.29, 0.717) is 6.04 Å². The first-order chi connectivity index (χ1) is 11.3. The first-order valence-corrected chi connectivity index (χ1v) is 8.71. The van der Waals surface area contributed by atoms with Gasteiger partial charge in [0.15, 0.2) is 0 Å². The largest absolute Gasteiger partial charge is 0.496 e. The van der Waals surface area contributed by atoms with Gasteiger partial charge in [-0.25, -0.2) is 0 Å². The maximum Gasteiger partial charge on any atom is 0.127 e. The Morgan fingerprint density at radius 1 is 1.17 bits per heavy atom. The molecule has 1 fully saturated rings. The minimum absolute atomic E-state index is 0.357. The third-order valence-corrected chi connectivity index (χ3v) is 5.01. The lowest BCUT2D eigenvalue weighted by molar-refractivity contribution is 0.229. The highest BCUT2D eigenvalue weighted by Crippen LogP contribution is 2.41. The molecule has 2 heterocycles. The molecule has 2 aliphatic heterocycles. The molecule has 0 aliphatic carbocycles. The van der Waals surface area contributed by atoms with Gasteiger partial charge in [-0.05, 0) is 25.5 Å². The van der Waals surface area contributed by atoms with Gasteiger partial charge in [-0.15, -0.1) is 0 Å². The van der Waals surface area contributed by atoms with Crippen molar-refractivity contribution in [3.8, 4) is 11.5 Å². The summed E-state index contributed by atoms with van der Waals surface area (Å²) in [5.74, 6) is 2.07. The van der Waals surface area contributed by atoms with E-state index in [9.17, 15) is 0 Å². The second-order valence-corrected chi connectivity index (χ2v) is 6.35. The van der Waals surface area contributed by atoms with E-state index in [1.54, 1.807) is 14.2 Å². The molecular weight excluding hydrogens is 290 g/mol. The Bertz CT molecular complexity index is 542. The summed E-state index contributed by atoms with van der Waals surface area (Å²) in [5.41, 5.74) is 3.88. The van der Waals surface area contributed by atoms with Gasteiger partial charge >= 0.3 is 0 Å². The van der Waals surface area contributed by atoms with Gasteiger partial charge in [0.2, 0.25) is 0 Å². The number of piperazine rings is 1. The SMILES string of the molecule is CCC1NCCc2c(OC)c(CN3CCNCC3)cc(OC)c21. The number of benzene rings is 1. The zero-order valence-electron chi connectivity index (χ0n) is 14.6. The van der Waals surface area contributed by atoms with Crippen LogP contribution in [-0.2, 0) is 13.0 Å². The van der Waals surface area contributed by atoms with Gasteiger partial charge in [-0.2, -0.15) is 0 Å². The van der Waals surface area contributed by atoms with Gasteiger partial charge in [-0.3, -0.25) is 4.90 Å². The quantitative estimate of drug-likeness (QED) is 0.865. The Hall–Kier alpha value is -1.30.